The van der Waals surface area contributed by atoms with Gasteiger partial charge in [0, 0.05) is 18.7 Å². The summed E-state index contributed by atoms with van der Waals surface area (Å²) in [6, 6.07) is 0. The van der Waals surface area contributed by atoms with Gasteiger partial charge in [-0.2, -0.15) is 0 Å². The number of ether oxygens (including phenoxy) is 1. The van der Waals surface area contributed by atoms with Gasteiger partial charge in [-0.15, -0.1) is 0 Å². The molecule has 0 heterocycles. The van der Waals surface area contributed by atoms with Crippen LogP contribution in [0.3, 0.4) is 0 Å². The molecule has 1 atom stereocenters. The minimum atomic E-state index is -0.369. The van der Waals surface area contributed by atoms with Crippen molar-refractivity contribution in [3.8, 4) is 0 Å². The third kappa shape index (κ3) is 4.94. The van der Waals surface area contributed by atoms with Crippen molar-refractivity contribution < 1.29 is 9.84 Å². The first kappa shape index (κ1) is 12.0. The van der Waals surface area contributed by atoms with Crippen molar-refractivity contribution >= 4 is 0 Å². The highest BCUT2D eigenvalue weighted by Crippen LogP contribution is 2.33. The van der Waals surface area contributed by atoms with Crippen LogP contribution < -0.4 is 5.32 Å². The normalized spacial score (nSPS) is 21.2. The summed E-state index contributed by atoms with van der Waals surface area (Å²) in [6.45, 7) is 8.23. The summed E-state index contributed by atoms with van der Waals surface area (Å²) in [5, 5.41) is 12.9. The van der Waals surface area contributed by atoms with Crippen molar-refractivity contribution in [2.24, 2.45) is 5.92 Å². The maximum absolute atomic E-state index is 9.57. The number of hydrogen-bond acceptors (Lipinski definition) is 3. The van der Waals surface area contributed by atoms with Crippen molar-refractivity contribution in [3.63, 3.8) is 0 Å². The van der Waals surface area contributed by atoms with Crippen LogP contribution in [-0.2, 0) is 4.74 Å². The fourth-order valence-corrected chi connectivity index (χ4v) is 1.23. The van der Waals surface area contributed by atoms with E-state index in [2.05, 4.69) is 26.1 Å². The van der Waals surface area contributed by atoms with Crippen LogP contribution in [0.25, 0.3) is 0 Å². The molecule has 0 amide bonds. The maximum Gasteiger partial charge on any atom is 0.0897 e. The lowest BCUT2D eigenvalue weighted by Gasteiger charge is -2.16. The van der Waals surface area contributed by atoms with E-state index in [0.29, 0.717) is 24.6 Å². The van der Waals surface area contributed by atoms with E-state index >= 15 is 0 Å². The van der Waals surface area contributed by atoms with E-state index in [1.54, 1.807) is 0 Å². The van der Waals surface area contributed by atoms with Gasteiger partial charge in [0.15, 0.2) is 0 Å². The molecule has 84 valence electrons. The largest absolute Gasteiger partial charge is 0.389 e. The summed E-state index contributed by atoms with van der Waals surface area (Å²) in [4.78, 5) is 0. The zero-order valence-electron chi connectivity index (χ0n) is 9.55. The molecule has 2 N–H and O–H groups in total. The van der Waals surface area contributed by atoms with E-state index in [-0.39, 0.29) is 6.10 Å². The first-order valence-corrected chi connectivity index (χ1v) is 5.53. The lowest BCUT2D eigenvalue weighted by molar-refractivity contribution is 0.0248. The molecule has 3 nitrogen and oxygen atoms in total. The molecule has 0 bridgehead atoms. The van der Waals surface area contributed by atoms with Crippen LogP contribution in [0.15, 0.2) is 0 Å². The van der Waals surface area contributed by atoms with Gasteiger partial charge < -0.3 is 15.2 Å². The van der Waals surface area contributed by atoms with Gasteiger partial charge in [-0.25, -0.2) is 0 Å². The summed E-state index contributed by atoms with van der Waals surface area (Å²) in [7, 11) is 0. The molecule has 1 aliphatic carbocycles. The number of aliphatic hydroxyl groups is 1. The molecular formula is C11H23NO2. The molecule has 0 aromatic heterocycles. The summed E-state index contributed by atoms with van der Waals surface area (Å²) >= 11 is 0. The Morgan fingerprint density at radius 3 is 2.50 bits per heavy atom. The van der Waals surface area contributed by atoms with E-state index in [0.717, 1.165) is 6.61 Å². The molecule has 0 aliphatic heterocycles. The number of β-amino-alcohol motifs (C(OH)–C–C–N with tert-alkyl or cyclic N) is 1. The topological polar surface area (TPSA) is 41.5 Å². The number of nitrogens with one attached hydrogen (secondary N) is 1. The Morgan fingerprint density at radius 1 is 1.36 bits per heavy atom. The van der Waals surface area contributed by atoms with Gasteiger partial charge in [-0.1, -0.05) is 13.8 Å². The van der Waals surface area contributed by atoms with Gasteiger partial charge in [0.1, 0.15) is 0 Å². The van der Waals surface area contributed by atoms with E-state index in [4.69, 9.17) is 4.74 Å². The van der Waals surface area contributed by atoms with E-state index < -0.39 is 0 Å². The van der Waals surface area contributed by atoms with Crippen LogP contribution in [0.5, 0.6) is 0 Å². The zero-order chi connectivity index (χ0) is 10.6. The predicted octanol–water partition coefficient (Wildman–Crippen LogP) is 1.16. The molecule has 0 radical (unpaired) electrons. The first-order chi connectivity index (χ1) is 6.52. The lowest BCUT2D eigenvalue weighted by atomic mass is 10.2. The number of aliphatic hydroxyl groups excluding tert-OH is 1. The predicted molar refractivity (Wildman–Crippen MR) is 57.3 cm³/mol. The van der Waals surface area contributed by atoms with E-state index in [9.17, 15) is 5.11 Å². The molecule has 0 spiro atoms. The monoisotopic (exact) mass is 201 g/mol. The Morgan fingerprint density at radius 2 is 2.00 bits per heavy atom. The maximum atomic E-state index is 9.57. The third-order valence-electron chi connectivity index (χ3n) is 2.53. The Kier molecular flexibility index (Phi) is 4.35. The third-order valence-corrected chi connectivity index (χ3v) is 2.53. The lowest BCUT2D eigenvalue weighted by Crippen LogP contribution is -2.37. The molecule has 1 aliphatic rings. The van der Waals surface area contributed by atoms with Crippen molar-refractivity contribution in [2.45, 2.75) is 45.3 Å². The Bertz CT molecular complexity index is 167. The molecule has 0 aromatic rings. The van der Waals surface area contributed by atoms with Gasteiger partial charge >= 0.3 is 0 Å². The highest BCUT2D eigenvalue weighted by molar-refractivity contribution is 4.97. The molecule has 1 saturated carbocycles. The van der Waals surface area contributed by atoms with Crippen molar-refractivity contribution in [1.82, 2.24) is 5.32 Å². The van der Waals surface area contributed by atoms with Gasteiger partial charge in [0.2, 0.25) is 0 Å². The van der Waals surface area contributed by atoms with Crippen LogP contribution in [-0.4, -0.2) is 36.5 Å². The van der Waals surface area contributed by atoms with Gasteiger partial charge in [0.25, 0.3) is 0 Å². The molecule has 0 aromatic carbocycles. The smallest absolute Gasteiger partial charge is 0.0897 e. The molecule has 1 unspecified atom stereocenters. The fraction of sp³-hybridized carbons (Fsp3) is 1.00. The minimum Gasteiger partial charge on any atom is -0.389 e. The second kappa shape index (κ2) is 5.10. The standard InChI is InChI=1S/C11H23NO2/c1-9(2)7-14-8-10(13)6-12-11(3)4-5-11/h9-10,12-13H,4-8H2,1-3H3. The Labute approximate surface area is 86.8 Å². The van der Waals surface area contributed by atoms with E-state index in [1.807, 2.05) is 0 Å². The van der Waals surface area contributed by atoms with Crippen LogP contribution in [0.4, 0.5) is 0 Å². The summed E-state index contributed by atoms with van der Waals surface area (Å²) in [5.74, 6) is 0.538. The minimum absolute atomic E-state index is 0.305. The second-order valence-corrected chi connectivity index (χ2v) is 5.03. The van der Waals surface area contributed by atoms with Crippen molar-refractivity contribution in [3.05, 3.63) is 0 Å². The summed E-state index contributed by atoms with van der Waals surface area (Å²) in [5.41, 5.74) is 0.305. The van der Waals surface area contributed by atoms with Crippen LogP contribution >= 0.6 is 0 Å². The molecule has 1 fully saturated rings. The second-order valence-electron chi connectivity index (χ2n) is 5.03. The Hall–Kier alpha value is -0.120. The van der Waals surface area contributed by atoms with Crippen LogP contribution in [0.2, 0.25) is 0 Å². The SMILES string of the molecule is CC(C)COCC(O)CNC1(C)CC1. The first-order valence-electron chi connectivity index (χ1n) is 5.53. The van der Waals surface area contributed by atoms with Crippen molar-refractivity contribution in [2.75, 3.05) is 19.8 Å². The average molecular weight is 201 g/mol. The summed E-state index contributed by atoms with van der Waals surface area (Å²) in [6.07, 6.45) is 2.09. The van der Waals surface area contributed by atoms with Gasteiger partial charge in [-0.3, -0.25) is 0 Å². The molecule has 14 heavy (non-hydrogen) atoms. The van der Waals surface area contributed by atoms with E-state index in [1.165, 1.54) is 12.8 Å². The fourth-order valence-electron chi connectivity index (χ4n) is 1.23. The zero-order valence-corrected chi connectivity index (χ0v) is 9.55. The molecular weight excluding hydrogens is 178 g/mol. The number of hydrogen-bond donors (Lipinski definition) is 2. The summed E-state index contributed by atoms with van der Waals surface area (Å²) < 4.78 is 5.35. The molecule has 0 saturated heterocycles. The van der Waals surface area contributed by atoms with Gasteiger partial charge in [-0.05, 0) is 25.7 Å². The average Bonchev–Trinajstić information content (AvgIpc) is 2.81. The Balaban J connectivity index is 1.95. The van der Waals surface area contributed by atoms with Crippen molar-refractivity contribution in [1.29, 1.82) is 0 Å². The van der Waals surface area contributed by atoms with Crippen LogP contribution in [0, 0.1) is 5.92 Å². The highest BCUT2D eigenvalue weighted by atomic mass is 16.5. The molecule has 1 rings (SSSR count). The molecule has 3 heteroatoms. The quantitative estimate of drug-likeness (QED) is 0.649. The van der Waals surface area contributed by atoms with Crippen LogP contribution in [0.1, 0.15) is 33.6 Å². The highest BCUT2D eigenvalue weighted by Gasteiger charge is 2.36. The van der Waals surface area contributed by atoms with Gasteiger partial charge in [0.05, 0.1) is 12.7 Å². The number of rotatable bonds is 7.